The van der Waals surface area contributed by atoms with E-state index >= 15 is 0 Å². The van der Waals surface area contributed by atoms with Gasteiger partial charge in [0, 0.05) is 31.2 Å². The van der Waals surface area contributed by atoms with Crippen LogP contribution in [0.2, 0.25) is 0 Å². The fourth-order valence-electron chi connectivity index (χ4n) is 1.66. The number of hydrogen-bond acceptors (Lipinski definition) is 4. The Morgan fingerprint density at radius 1 is 1.50 bits per heavy atom. The second-order valence-corrected chi connectivity index (χ2v) is 6.87. The van der Waals surface area contributed by atoms with Crippen LogP contribution in [0, 0.1) is 0 Å². The van der Waals surface area contributed by atoms with Gasteiger partial charge in [0.2, 0.25) is 10.0 Å². The summed E-state index contributed by atoms with van der Waals surface area (Å²) in [6, 6.07) is 5.07. The summed E-state index contributed by atoms with van der Waals surface area (Å²) in [4.78, 5) is 0.207. The molecule has 1 aromatic carbocycles. The number of methoxy groups -OCH3 is 1. The van der Waals surface area contributed by atoms with Crippen molar-refractivity contribution in [3.8, 4) is 0 Å². The summed E-state index contributed by atoms with van der Waals surface area (Å²) >= 11 is 3.28. The molecule has 0 heterocycles. The third-order valence-corrected chi connectivity index (χ3v) is 5.59. The summed E-state index contributed by atoms with van der Waals surface area (Å²) in [7, 11) is -2.09. The van der Waals surface area contributed by atoms with E-state index in [-0.39, 0.29) is 24.5 Å². The van der Waals surface area contributed by atoms with Crippen molar-refractivity contribution in [2.24, 2.45) is 5.73 Å². The predicted molar refractivity (Wildman–Crippen MR) is 82.9 cm³/mol. The quantitative estimate of drug-likeness (QED) is 0.714. The normalized spacial score (nSPS) is 11.8. The first-order valence-corrected chi connectivity index (χ1v) is 8.29. The number of halogens is 1. The molecule has 0 saturated heterocycles. The molecule has 0 aliphatic heterocycles. The number of rotatable bonds is 8. The summed E-state index contributed by atoms with van der Waals surface area (Å²) in [6.45, 7) is 4.70. The van der Waals surface area contributed by atoms with E-state index in [9.17, 15) is 8.42 Å². The molecule has 0 aromatic heterocycles. The summed E-state index contributed by atoms with van der Waals surface area (Å²) < 4.78 is 32.1. The average Bonchev–Trinajstić information content (AvgIpc) is 2.43. The fraction of sp³-hybridized carbons (Fsp3) is 0.385. The molecular weight excluding hydrogens is 344 g/mol. The molecule has 1 aromatic rings. The van der Waals surface area contributed by atoms with Crippen LogP contribution >= 0.6 is 15.9 Å². The SMILES string of the molecule is C=CCN(CCOC)S(=O)(=O)c1cc(CN)ccc1Br. The second-order valence-electron chi connectivity index (χ2n) is 4.11. The van der Waals surface area contributed by atoms with E-state index in [0.717, 1.165) is 5.56 Å². The zero-order chi connectivity index (χ0) is 15.2. The highest BCUT2D eigenvalue weighted by Crippen LogP contribution is 2.26. The van der Waals surface area contributed by atoms with E-state index in [1.165, 1.54) is 11.4 Å². The van der Waals surface area contributed by atoms with Crippen LogP contribution in [-0.4, -0.2) is 39.5 Å². The molecule has 0 aliphatic rings. The number of nitrogens with zero attached hydrogens (tertiary/aromatic N) is 1. The van der Waals surface area contributed by atoms with Crippen molar-refractivity contribution >= 4 is 26.0 Å². The van der Waals surface area contributed by atoms with Gasteiger partial charge in [-0.2, -0.15) is 4.31 Å². The molecule has 0 spiro atoms. The van der Waals surface area contributed by atoms with Crippen LogP contribution in [0.1, 0.15) is 5.56 Å². The number of benzene rings is 1. The molecule has 0 radical (unpaired) electrons. The van der Waals surface area contributed by atoms with Crippen molar-refractivity contribution in [3.63, 3.8) is 0 Å². The van der Waals surface area contributed by atoms with E-state index in [4.69, 9.17) is 10.5 Å². The Bertz CT molecular complexity index is 561. The van der Waals surface area contributed by atoms with Crippen molar-refractivity contribution in [1.29, 1.82) is 0 Å². The molecule has 2 N–H and O–H groups in total. The third-order valence-electron chi connectivity index (χ3n) is 2.73. The highest BCUT2D eigenvalue weighted by Gasteiger charge is 2.25. The summed E-state index contributed by atoms with van der Waals surface area (Å²) in [6.07, 6.45) is 1.55. The van der Waals surface area contributed by atoms with E-state index in [1.54, 1.807) is 24.3 Å². The molecule has 5 nitrogen and oxygen atoms in total. The zero-order valence-electron chi connectivity index (χ0n) is 11.4. The van der Waals surface area contributed by atoms with Crippen LogP contribution in [-0.2, 0) is 21.3 Å². The number of ether oxygens (including phenoxy) is 1. The van der Waals surface area contributed by atoms with Crippen molar-refractivity contribution in [2.75, 3.05) is 26.8 Å². The van der Waals surface area contributed by atoms with Gasteiger partial charge in [-0.1, -0.05) is 12.1 Å². The second kappa shape index (κ2) is 7.90. The molecule has 7 heteroatoms. The van der Waals surface area contributed by atoms with Crippen molar-refractivity contribution < 1.29 is 13.2 Å². The van der Waals surface area contributed by atoms with Crippen molar-refractivity contribution in [3.05, 3.63) is 40.9 Å². The third kappa shape index (κ3) is 4.13. The van der Waals surface area contributed by atoms with Crippen LogP contribution in [0.25, 0.3) is 0 Å². The molecule has 0 saturated carbocycles. The molecule has 1 rings (SSSR count). The van der Waals surface area contributed by atoms with Crippen LogP contribution < -0.4 is 5.73 Å². The van der Waals surface area contributed by atoms with E-state index in [1.807, 2.05) is 0 Å². The van der Waals surface area contributed by atoms with Crippen LogP contribution in [0.4, 0.5) is 0 Å². The van der Waals surface area contributed by atoms with Crippen molar-refractivity contribution in [2.45, 2.75) is 11.4 Å². The molecule has 0 unspecified atom stereocenters. The predicted octanol–water partition coefficient (Wildman–Crippen LogP) is 1.73. The molecule has 112 valence electrons. The maximum Gasteiger partial charge on any atom is 0.244 e. The van der Waals surface area contributed by atoms with E-state index in [2.05, 4.69) is 22.5 Å². The average molecular weight is 363 g/mol. The van der Waals surface area contributed by atoms with Crippen molar-refractivity contribution in [1.82, 2.24) is 4.31 Å². The fourth-order valence-corrected chi connectivity index (χ4v) is 4.03. The Labute approximate surface area is 128 Å². The molecule has 0 amide bonds. The van der Waals surface area contributed by atoms with E-state index < -0.39 is 10.0 Å². The molecule has 0 bridgehead atoms. The number of hydrogen-bond donors (Lipinski definition) is 1. The first-order valence-electron chi connectivity index (χ1n) is 6.05. The highest BCUT2D eigenvalue weighted by atomic mass is 79.9. The van der Waals surface area contributed by atoms with Gasteiger partial charge in [0.15, 0.2) is 0 Å². The standard InChI is InChI=1S/C13H19BrN2O3S/c1-3-6-16(7-8-19-2)20(17,18)13-9-11(10-15)4-5-12(13)14/h3-5,9H,1,6-8,10,15H2,2H3. The maximum absolute atomic E-state index is 12.7. The Kier molecular flexibility index (Phi) is 6.84. The minimum atomic E-state index is -3.62. The first kappa shape index (κ1) is 17.3. The minimum absolute atomic E-state index is 0.207. The molecule has 20 heavy (non-hydrogen) atoms. The Morgan fingerprint density at radius 2 is 2.20 bits per heavy atom. The van der Waals surface area contributed by atoms with Gasteiger partial charge < -0.3 is 10.5 Å². The largest absolute Gasteiger partial charge is 0.383 e. The lowest BCUT2D eigenvalue weighted by atomic mass is 10.2. The van der Waals surface area contributed by atoms with Crippen LogP contribution in [0.5, 0.6) is 0 Å². The molecular formula is C13H19BrN2O3S. The smallest absolute Gasteiger partial charge is 0.244 e. The zero-order valence-corrected chi connectivity index (χ0v) is 13.8. The monoisotopic (exact) mass is 362 g/mol. The Morgan fingerprint density at radius 3 is 2.75 bits per heavy atom. The molecule has 0 fully saturated rings. The Hall–Kier alpha value is -0.730. The maximum atomic E-state index is 12.7. The van der Waals surface area contributed by atoms with Gasteiger partial charge in [-0.15, -0.1) is 6.58 Å². The van der Waals surface area contributed by atoms with Crippen LogP contribution in [0.15, 0.2) is 40.2 Å². The van der Waals surface area contributed by atoms with Gasteiger partial charge in [-0.3, -0.25) is 0 Å². The lowest BCUT2D eigenvalue weighted by Crippen LogP contribution is -2.34. The Balaban J connectivity index is 3.20. The summed E-state index contributed by atoms with van der Waals surface area (Å²) in [5.74, 6) is 0. The van der Waals surface area contributed by atoms with Gasteiger partial charge in [0.25, 0.3) is 0 Å². The number of sulfonamides is 1. The van der Waals surface area contributed by atoms with E-state index in [0.29, 0.717) is 11.1 Å². The van der Waals surface area contributed by atoms with Gasteiger partial charge in [0.05, 0.1) is 11.5 Å². The highest BCUT2D eigenvalue weighted by molar-refractivity contribution is 9.10. The van der Waals surface area contributed by atoms with Gasteiger partial charge >= 0.3 is 0 Å². The molecule has 0 aliphatic carbocycles. The minimum Gasteiger partial charge on any atom is -0.383 e. The van der Waals surface area contributed by atoms with Gasteiger partial charge in [-0.05, 0) is 33.6 Å². The first-order chi connectivity index (χ1) is 9.47. The lowest BCUT2D eigenvalue weighted by molar-refractivity contribution is 0.182. The topological polar surface area (TPSA) is 72.6 Å². The number of nitrogens with two attached hydrogens (primary N) is 1. The van der Waals surface area contributed by atoms with Gasteiger partial charge in [-0.25, -0.2) is 8.42 Å². The van der Waals surface area contributed by atoms with Gasteiger partial charge in [0.1, 0.15) is 0 Å². The lowest BCUT2D eigenvalue weighted by Gasteiger charge is -2.21. The summed E-state index contributed by atoms with van der Waals surface area (Å²) in [5.41, 5.74) is 6.33. The summed E-state index contributed by atoms with van der Waals surface area (Å²) in [5, 5.41) is 0. The molecule has 0 atom stereocenters. The van der Waals surface area contributed by atoms with Crippen LogP contribution in [0.3, 0.4) is 0 Å².